The highest BCUT2D eigenvalue weighted by Crippen LogP contribution is 2.12. The molecule has 2 aromatic rings. The summed E-state index contributed by atoms with van der Waals surface area (Å²) in [6, 6.07) is 3.15. The van der Waals surface area contributed by atoms with Crippen molar-refractivity contribution in [3.63, 3.8) is 0 Å². The molecule has 2 heterocycles. The normalized spacial score (nSPS) is 10.3. The lowest BCUT2D eigenvalue weighted by molar-refractivity contribution is -0.389. The molecule has 2 rings (SSSR count). The number of imidazole rings is 1. The number of aryl methyl sites for hydroxylation is 1. The van der Waals surface area contributed by atoms with Crippen molar-refractivity contribution >= 4 is 29.0 Å². The zero-order valence-corrected chi connectivity index (χ0v) is 11.2. The van der Waals surface area contributed by atoms with Gasteiger partial charge in [-0.2, -0.15) is 0 Å². The van der Waals surface area contributed by atoms with E-state index in [4.69, 9.17) is 11.6 Å². The van der Waals surface area contributed by atoms with Crippen LogP contribution in [-0.4, -0.2) is 25.4 Å². The maximum Gasteiger partial charge on any atom is 0.381 e. The smallest absolute Gasteiger partial charge is 0.358 e. The van der Waals surface area contributed by atoms with Crippen molar-refractivity contribution in [1.82, 2.24) is 14.5 Å². The number of halogens is 1. The van der Waals surface area contributed by atoms with Crippen LogP contribution in [0.4, 0.5) is 11.5 Å². The molecule has 0 spiro atoms. The zero-order chi connectivity index (χ0) is 14.7. The van der Waals surface area contributed by atoms with Gasteiger partial charge in [0.05, 0.1) is 11.9 Å². The fourth-order valence-corrected chi connectivity index (χ4v) is 1.66. The number of aromatic nitrogens is 3. The Morgan fingerprint density at radius 3 is 2.85 bits per heavy atom. The summed E-state index contributed by atoms with van der Waals surface area (Å²) in [6.07, 6.45) is 2.64. The zero-order valence-electron chi connectivity index (χ0n) is 10.4. The van der Waals surface area contributed by atoms with Crippen molar-refractivity contribution in [1.29, 1.82) is 0 Å². The van der Waals surface area contributed by atoms with Crippen LogP contribution in [-0.2, 0) is 11.3 Å². The summed E-state index contributed by atoms with van der Waals surface area (Å²) < 4.78 is 1.40. The van der Waals surface area contributed by atoms with E-state index in [1.807, 2.05) is 0 Å². The standard InChI is InChI=1S/C11H10ClN5O3/c1-7-14-10(17(19)20)5-16(7)6-11(18)15-8-2-3-9(12)13-4-8/h2-5H,6H2,1H3,(H,15,18). The number of hydrogen-bond acceptors (Lipinski definition) is 5. The molecule has 0 atom stereocenters. The second-order valence-electron chi connectivity index (χ2n) is 3.95. The lowest BCUT2D eigenvalue weighted by atomic mass is 10.4. The highest BCUT2D eigenvalue weighted by atomic mass is 35.5. The highest BCUT2D eigenvalue weighted by molar-refractivity contribution is 6.29. The molecule has 0 bridgehead atoms. The van der Waals surface area contributed by atoms with Crippen molar-refractivity contribution in [2.75, 3.05) is 5.32 Å². The van der Waals surface area contributed by atoms with Gasteiger partial charge >= 0.3 is 5.82 Å². The van der Waals surface area contributed by atoms with E-state index in [-0.39, 0.29) is 18.3 Å². The minimum absolute atomic E-state index is 0.0741. The number of amides is 1. The number of nitrogens with one attached hydrogen (secondary N) is 1. The average Bonchev–Trinajstić information content (AvgIpc) is 2.74. The predicted octanol–water partition coefficient (Wildman–Crippen LogP) is 1.79. The second-order valence-corrected chi connectivity index (χ2v) is 4.34. The number of carbonyl (C=O) groups is 1. The minimum atomic E-state index is -0.607. The van der Waals surface area contributed by atoms with Crippen molar-refractivity contribution < 1.29 is 9.72 Å². The Kier molecular flexibility index (Phi) is 3.94. The van der Waals surface area contributed by atoms with Crippen molar-refractivity contribution in [3.05, 3.63) is 45.6 Å². The number of pyridine rings is 1. The summed E-state index contributed by atoms with van der Waals surface area (Å²) in [5, 5.41) is 13.5. The third-order valence-corrected chi connectivity index (χ3v) is 2.70. The van der Waals surface area contributed by atoms with Crippen LogP contribution in [0.2, 0.25) is 5.15 Å². The van der Waals surface area contributed by atoms with Gasteiger partial charge in [0.25, 0.3) is 0 Å². The van der Waals surface area contributed by atoms with Crippen LogP contribution in [0.15, 0.2) is 24.5 Å². The van der Waals surface area contributed by atoms with Gasteiger partial charge in [0.2, 0.25) is 11.7 Å². The number of rotatable bonds is 4. The van der Waals surface area contributed by atoms with Crippen molar-refractivity contribution in [2.24, 2.45) is 0 Å². The predicted molar refractivity (Wildman–Crippen MR) is 71.5 cm³/mol. The monoisotopic (exact) mass is 295 g/mol. The first kappa shape index (κ1) is 13.9. The molecule has 20 heavy (non-hydrogen) atoms. The molecule has 0 unspecified atom stereocenters. The summed E-state index contributed by atoms with van der Waals surface area (Å²) in [6.45, 7) is 1.51. The Bertz CT molecular complexity index is 653. The van der Waals surface area contributed by atoms with Gasteiger partial charge in [-0.3, -0.25) is 9.36 Å². The van der Waals surface area contributed by atoms with Gasteiger partial charge in [-0.15, -0.1) is 0 Å². The second kappa shape index (κ2) is 5.66. The Morgan fingerprint density at radius 1 is 1.55 bits per heavy atom. The van der Waals surface area contributed by atoms with Crippen LogP contribution in [0, 0.1) is 17.0 Å². The van der Waals surface area contributed by atoms with Gasteiger partial charge in [0, 0.05) is 6.92 Å². The van der Waals surface area contributed by atoms with Crippen LogP contribution in [0.25, 0.3) is 0 Å². The summed E-state index contributed by atoms with van der Waals surface area (Å²) in [7, 11) is 0. The van der Waals surface area contributed by atoms with Gasteiger partial charge in [-0.25, -0.2) is 4.98 Å². The summed E-state index contributed by atoms with van der Waals surface area (Å²) in [4.78, 5) is 29.3. The molecule has 8 nitrogen and oxygen atoms in total. The van der Waals surface area contributed by atoms with Crippen LogP contribution in [0.3, 0.4) is 0 Å². The van der Waals surface area contributed by atoms with Crippen LogP contribution < -0.4 is 5.32 Å². The molecule has 1 amide bonds. The summed E-state index contributed by atoms with van der Waals surface area (Å²) in [5.41, 5.74) is 0.492. The van der Waals surface area contributed by atoms with Crippen LogP contribution in [0.1, 0.15) is 5.82 Å². The van der Waals surface area contributed by atoms with Gasteiger partial charge in [0.15, 0.2) is 0 Å². The van der Waals surface area contributed by atoms with E-state index in [0.29, 0.717) is 16.7 Å². The lowest BCUT2D eigenvalue weighted by Crippen LogP contribution is -2.19. The third kappa shape index (κ3) is 3.29. The molecule has 0 saturated heterocycles. The fourth-order valence-electron chi connectivity index (χ4n) is 1.54. The molecule has 0 radical (unpaired) electrons. The largest absolute Gasteiger partial charge is 0.381 e. The van der Waals surface area contributed by atoms with Gasteiger partial charge < -0.3 is 15.4 Å². The van der Waals surface area contributed by atoms with E-state index in [1.165, 1.54) is 17.0 Å². The number of nitrogens with zero attached hydrogens (tertiary/aromatic N) is 4. The first-order valence-electron chi connectivity index (χ1n) is 5.55. The van der Waals surface area contributed by atoms with E-state index < -0.39 is 4.92 Å². The van der Waals surface area contributed by atoms with Crippen LogP contribution in [0.5, 0.6) is 0 Å². The Balaban J connectivity index is 2.04. The van der Waals surface area contributed by atoms with Gasteiger partial charge in [-0.1, -0.05) is 11.6 Å². The highest BCUT2D eigenvalue weighted by Gasteiger charge is 2.16. The Morgan fingerprint density at radius 2 is 2.30 bits per heavy atom. The minimum Gasteiger partial charge on any atom is -0.358 e. The third-order valence-electron chi connectivity index (χ3n) is 2.48. The molecule has 1 N–H and O–H groups in total. The molecule has 0 saturated carbocycles. The summed E-state index contributed by atoms with van der Waals surface area (Å²) >= 11 is 5.63. The van der Waals surface area contributed by atoms with Crippen molar-refractivity contribution in [2.45, 2.75) is 13.5 Å². The Labute approximate surface area is 118 Å². The molecule has 0 aliphatic heterocycles. The van der Waals surface area contributed by atoms with E-state index in [9.17, 15) is 14.9 Å². The van der Waals surface area contributed by atoms with Gasteiger partial charge in [0.1, 0.15) is 17.9 Å². The molecule has 0 aliphatic carbocycles. The number of carbonyl (C=O) groups excluding carboxylic acids is 1. The van der Waals surface area contributed by atoms with E-state index in [2.05, 4.69) is 15.3 Å². The molecule has 0 aliphatic rings. The molecular formula is C11H10ClN5O3. The van der Waals surface area contributed by atoms with E-state index in [0.717, 1.165) is 0 Å². The van der Waals surface area contributed by atoms with Crippen molar-refractivity contribution in [3.8, 4) is 0 Å². The first-order chi connectivity index (χ1) is 9.45. The summed E-state index contributed by atoms with van der Waals surface area (Å²) in [5.74, 6) is -0.242. The van der Waals surface area contributed by atoms with E-state index in [1.54, 1.807) is 19.1 Å². The Hall–Kier alpha value is -2.48. The quantitative estimate of drug-likeness (QED) is 0.526. The maximum absolute atomic E-state index is 11.8. The number of nitro groups is 1. The SMILES string of the molecule is Cc1nc([N+](=O)[O-])cn1CC(=O)Nc1ccc(Cl)nc1. The average molecular weight is 296 g/mol. The van der Waals surface area contributed by atoms with E-state index >= 15 is 0 Å². The fraction of sp³-hybridized carbons (Fsp3) is 0.182. The topological polar surface area (TPSA) is 103 Å². The maximum atomic E-state index is 11.8. The number of anilines is 1. The molecular weight excluding hydrogens is 286 g/mol. The molecule has 0 aromatic carbocycles. The van der Waals surface area contributed by atoms with Crippen LogP contribution >= 0.6 is 11.6 Å². The molecule has 2 aromatic heterocycles. The first-order valence-corrected chi connectivity index (χ1v) is 5.93. The molecule has 9 heteroatoms. The molecule has 0 fully saturated rings. The number of hydrogen-bond donors (Lipinski definition) is 1. The molecule has 104 valence electrons. The van der Waals surface area contributed by atoms with Gasteiger partial charge in [-0.05, 0) is 22.0 Å². The lowest BCUT2D eigenvalue weighted by Gasteiger charge is -2.05.